The molecule has 0 aliphatic carbocycles. The van der Waals surface area contributed by atoms with Crippen molar-refractivity contribution >= 4 is 40.3 Å². The van der Waals surface area contributed by atoms with Crippen LogP contribution in [-0.4, -0.2) is 20.3 Å². The maximum atomic E-state index is 9.49. The monoisotopic (exact) mass is 439 g/mol. The number of anilines is 4. The molecule has 158 valence electrons. The first-order valence-corrected chi connectivity index (χ1v) is 10.4. The lowest BCUT2D eigenvalue weighted by molar-refractivity contribution is 1.05. The molecule has 2 aromatic carbocycles. The van der Waals surface area contributed by atoms with Crippen LogP contribution in [0.5, 0.6) is 0 Å². The Morgan fingerprint density at radius 1 is 0.906 bits per heavy atom. The van der Waals surface area contributed by atoms with Gasteiger partial charge >= 0.3 is 0 Å². The molecule has 32 heavy (non-hydrogen) atoms. The molecule has 8 heteroatoms. The zero-order valence-corrected chi connectivity index (χ0v) is 18.4. The molecule has 2 heterocycles. The van der Waals surface area contributed by atoms with Gasteiger partial charge in [-0.15, -0.1) is 10.2 Å². The summed E-state index contributed by atoms with van der Waals surface area (Å²) in [4.78, 5) is 3.22. The largest absolute Gasteiger partial charge is 0.344 e. The Balaban J connectivity index is 1.46. The summed E-state index contributed by atoms with van der Waals surface area (Å²) in [5.41, 5.74) is 5.78. The van der Waals surface area contributed by atoms with Crippen LogP contribution < -0.4 is 16.0 Å². The van der Waals surface area contributed by atoms with Crippen LogP contribution in [0.3, 0.4) is 0 Å². The molecule has 2 aromatic heterocycles. The van der Waals surface area contributed by atoms with Gasteiger partial charge in [0.2, 0.25) is 0 Å². The molecule has 0 saturated heterocycles. The van der Waals surface area contributed by atoms with Crippen LogP contribution in [0.15, 0.2) is 66.7 Å². The second-order valence-corrected chi connectivity index (χ2v) is 7.56. The van der Waals surface area contributed by atoms with Gasteiger partial charge in [0.05, 0.1) is 22.6 Å². The predicted octanol–water partition coefficient (Wildman–Crippen LogP) is 5.51. The fourth-order valence-electron chi connectivity index (χ4n) is 3.22. The van der Waals surface area contributed by atoms with E-state index in [-0.39, 0.29) is 0 Å². The van der Waals surface area contributed by atoms with Crippen LogP contribution in [0, 0.1) is 25.2 Å². The van der Waals surface area contributed by atoms with E-state index in [2.05, 4.69) is 37.2 Å². The van der Waals surface area contributed by atoms with Gasteiger partial charge in [-0.2, -0.15) is 5.26 Å². The zero-order valence-electron chi connectivity index (χ0n) is 17.6. The fraction of sp³-hybridized carbons (Fsp3) is 0.0833. The lowest BCUT2D eigenvalue weighted by atomic mass is 10.1. The van der Waals surface area contributed by atoms with Gasteiger partial charge in [0.15, 0.2) is 10.9 Å². The quantitative estimate of drug-likeness (QED) is 0.304. The van der Waals surface area contributed by atoms with Gasteiger partial charge in [-0.05, 0) is 55.9 Å². The molecule has 0 unspecified atom stereocenters. The maximum absolute atomic E-state index is 9.49. The minimum Gasteiger partial charge on any atom is -0.344 e. The van der Waals surface area contributed by atoms with Gasteiger partial charge in [-0.1, -0.05) is 42.5 Å². The molecule has 0 amide bonds. The first-order chi connectivity index (χ1) is 15.5. The highest BCUT2D eigenvalue weighted by atomic mass is 32.1. The van der Waals surface area contributed by atoms with Gasteiger partial charge in [0.25, 0.3) is 0 Å². The first-order valence-electron chi connectivity index (χ1n) is 9.97. The Hall–Kier alpha value is -4.22. The third-order valence-corrected chi connectivity index (χ3v) is 5.23. The number of aromatic nitrogens is 3. The SMILES string of the molecule is Cc1[nH]c(Nc2ccccc2NC(=S)Nc2ccc(-c3ccccc3)nn2)c(C#N)c1C. The molecule has 0 aliphatic heterocycles. The number of nitrogens with one attached hydrogen (secondary N) is 4. The van der Waals surface area contributed by atoms with E-state index in [1.165, 1.54) is 0 Å². The van der Waals surface area contributed by atoms with E-state index >= 15 is 0 Å². The number of thiocarbonyl (C=S) groups is 1. The Labute approximate surface area is 191 Å². The van der Waals surface area contributed by atoms with Gasteiger partial charge < -0.3 is 20.9 Å². The van der Waals surface area contributed by atoms with Crippen LogP contribution in [0.4, 0.5) is 23.0 Å². The summed E-state index contributed by atoms with van der Waals surface area (Å²) in [7, 11) is 0. The summed E-state index contributed by atoms with van der Waals surface area (Å²) in [6.07, 6.45) is 0. The summed E-state index contributed by atoms with van der Waals surface area (Å²) < 4.78 is 0. The van der Waals surface area contributed by atoms with Crippen LogP contribution in [0.1, 0.15) is 16.8 Å². The summed E-state index contributed by atoms with van der Waals surface area (Å²) in [6, 6.07) is 23.4. The van der Waals surface area contributed by atoms with Crippen molar-refractivity contribution in [1.29, 1.82) is 5.26 Å². The van der Waals surface area contributed by atoms with Crippen LogP contribution >= 0.6 is 12.2 Å². The second-order valence-electron chi connectivity index (χ2n) is 7.16. The van der Waals surface area contributed by atoms with Crippen molar-refractivity contribution in [1.82, 2.24) is 15.2 Å². The van der Waals surface area contributed by atoms with Crippen molar-refractivity contribution in [3.8, 4) is 17.3 Å². The normalized spacial score (nSPS) is 10.3. The Bertz CT molecular complexity index is 1290. The molecule has 0 saturated carbocycles. The lowest BCUT2D eigenvalue weighted by Crippen LogP contribution is -2.20. The molecule has 4 rings (SSSR count). The highest BCUT2D eigenvalue weighted by Crippen LogP contribution is 2.29. The number of rotatable bonds is 5. The molecule has 0 bridgehead atoms. The number of hydrogen-bond donors (Lipinski definition) is 4. The minimum atomic E-state index is 0.375. The number of para-hydroxylation sites is 2. The van der Waals surface area contributed by atoms with E-state index < -0.39 is 0 Å². The van der Waals surface area contributed by atoms with Crippen molar-refractivity contribution in [3.63, 3.8) is 0 Å². The summed E-state index contributed by atoms with van der Waals surface area (Å²) in [5.74, 6) is 1.19. The third-order valence-electron chi connectivity index (χ3n) is 5.02. The highest BCUT2D eigenvalue weighted by Gasteiger charge is 2.13. The predicted molar refractivity (Wildman–Crippen MR) is 132 cm³/mol. The molecule has 0 fully saturated rings. The summed E-state index contributed by atoms with van der Waals surface area (Å²) >= 11 is 5.46. The summed E-state index contributed by atoms with van der Waals surface area (Å²) in [6.45, 7) is 3.86. The topological polar surface area (TPSA) is 101 Å². The lowest BCUT2D eigenvalue weighted by Gasteiger charge is -2.14. The first kappa shape index (κ1) is 21.0. The van der Waals surface area contributed by atoms with Gasteiger partial charge in [0, 0.05) is 11.3 Å². The highest BCUT2D eigenvalue weighted by molar-refractivity contribution is 7.80. The number of aromatic amines is 1. The third kappa shape index (κ3) is 4.58. The molecule has 0 radical (unpaired) electrons. The van der Waals surface area contributed by atoms with E-state index in [0.29, 0.717) is 22.3 Å². The molecule has 0 spiro atoms. The second kappa shape index (κ2) is 9.29. The fourth-order valence-corrected chi connectivity index (χ4v) is 3.43. The smallest absolute Gasteiger partial charge is 0.176 e. The van der Waals surface area contributed by atoms with E-state index in [0.717, 1.165) is 33.9 Å². The Kier molecular flexibility index (Phi) is 6.10. The van der Waals surface area contributed by atoms with Crippen molar-refractivity contribution in [2.45, 2.75) is 13.8 Å². The number of benzene rings is 2. The molecule has 0 atom stereocenters. The molecule has 0 aliphatic rings. The van der Waals surface area contributed by atoms with Gasteiger partial charge in [-0.3, -0.25) is 0 Å². The van der Waals surface area contributed by atoms with E-state index in [1.807, 2.05) is 80.6 Å². The standard InChI is InChI=1S/C24H21N7S/c1-15-16(2)26-23(18(15)14-25)27-20-10-6-7-11-21(20)28-24(32)29-22-13-12-19(30-31-22)17-8-4-3-5-9-17/h3-13,26-27H,1-2H3,(H2,28,29,31,32). The number of H-pyrrole nitrogens is 1. The van der Waals surface area contributed by atoms with Crippen LogP contribution in [0.2, 0.25) is 0 Å². The Morgan fingerprint density at radius 3 is 2.31 bits per heavy atom. The van der Waals surface area contributed by atoms with Crippen molar-refractivity contribution in [2.75, 3.05) is 16.0 Å². The van der Waals surface area contributed by atoms with Crippen molar-refractivity contribution in [3.05, 3.63) is 83.6 Å². The minimum absolute atomic E-state index is 0.375. The summed E-state index contributed by atoms with van der Waals surface area (Å²) in [5, 5.41) is 27.9. The van der Waals surface area contributed by atoms with Crippen LogP contribution in [0.25, 0.3) is 11.3 Å². The van der Waals surface area contributed by atoms with E-state index in [4.69, 9.17) is 12.2 Å². The zero-order chi connectivity index (χ0) is 22.5. The number of nitriles is 1. The molecule has 4 N–H and O–H groups in total. The van der Waals surface area contributed by atoms with Gasteiger partial charge in [-0.25, -0.2) is 0 Å². The van der Waals surface area contributed by atoms with Crippen LogP contribution in [-0.2, 0) is 0 Å². The Morgan fingerprint density at radius 2 is 1.62 bits per heavy atom. The van der Waals surface area contributed by atoms with Crippen molar-refractivity contribution < 1.29 is 0 Å². The number of nitrogens with zero attached hydrogens (tertiary/aromatic N) is 3. The molecular formula is C24H21N7S. The molecular weight excluding hydrogens is 418 g/mol. The van der Waals surface area contributed by atoms with E-state index in [9.17, 15) is 5.26 Å². The average Bonchev–Trinajstić information content (AvgIpc) is 3.08. The van der Waals surface area contributed by atoms with Crippen molar-refractivity contribution in [2.24, 2.45) is 0 Å². The van der Waals surface area contributed by atoms with Gasteiger partial charge in [0.1, 0.15) is 11.9 Å². The molecule has 7 nitrogen and oxygen atoms in total. The average molecular weight is 440 g/mol. The molecule has 4 aromatic rings. The number of hydrogen-bond acceptors (Lipinski definition) is 5. The maximum Gasteiger partial charge on any atom is 0.176 e. The number of aryl methyl sites for hydroxylation is 1. The van der Waals surface area contributed by atoms with E-state index in [1.54, 1.807) is 0 Å².